The molecule has 2 N–H and O–H groups in total. The number of halogens is 1. The Morgan fingerprint density at radius 3 is 2.88 bits per heavy atom. The van der Waals surface area contributed by atoms with Crippen LogP contribution in [0.4, 0.5) is 0 Å². The molecule has 0 aliphatic heterocycles. The molecule has 0 heterocycles. The van der Waals surface area contributed by atoms with Crippen molar-refractivity contribution < 1.29 is 0 Å². The number of hydrogen-bond donors (Lipinski definition) is 1. The fraction of sp³-hybridized carbons (Fsp3) is 0.571. The highest BCUT2D eigenvalue weighted by Gasteiger charge is 2.48. The van der Waals surface area contributed by atoms with E-state index in [4.69, 9.17) is 17.3 Å². The van der Waals surface area contributed by atoms with Gasteiger partial charge in [-0.25, -0.2) is 0 Å². The van der Waals surface area contributed by atoms with E-state index in [9.17, 15) is 0 Å². The molecular weight excluding hydrogens is 218 g/mol. The Kier molecular flexibility index (Phi) is 2.49. The van der Waals surface area contributed by atoms with Gasteiger partial charge in [0.2, 0.25) is 0 Å². The van der Waals surface area contributed by atoms with E-state index in [1.807, 2.05) is 12.1 Å². The molecule has 2 aliphatic carbocycles. The number of fused-ring (bicyclic) bond motifs is 2. The molecule has 3 atom stereocenters. The van der Waals surface area contributed by atoms with E-state index in [1.165, 1.54) is 31.2 Å². The third-order valence-electron chi connectivity index (χ3n) is 4.45. The van der Waals surface area contributed by atoms with Crippen molar-refractivity contribution in [2.45, 2.75) is 37.6 Å². The predicted octanol–water partition coefficient (Wildman–Crippen LogP) is 3.40. The SMILES string of the molecule is NC1(Cc2cccc(Cl)c2)CC2CCC1C2. The van der Waals surface area contributed by atoms with Gasteiger partial charge in [-0.05, 0) is 55.2 Å². The molecule has 0 amide bonds. The topological polar surface area (TPSA) is 26.0 Å². The monoisotopic (exact) mass is 235 g/mol. The third kappa shape index (κ3) is 1.76. The molecule has 2 saturated carbocycles. The van der Waals surface area contributed by atoms with Crippen molar-refractivity contribution >= 4 is 11.6 Å². The summed E-state index contributed by atoms with van der Waals surface area (Å²) < 4.78 is 0. The van der Waals surface area contributed by atoms with Crippen LogP contribution in [0.3, 0.4) is 0 Å². The van der Waals surface area contributed by atoms with Crippen molar-refractivity contribution in [1.29, 1.82) is 0 Å². The van der Waals surface area contributed by atoms with E-state index in [1.54, 1.807) is 0 Å². The second-order valence-corrected chi connectivity index (χ2v) is 6.06. The zero-order chi connectivity index (χ0) is 11.2. The molecule has 1 aromatic rings. The van der Waals surface area contributed by atoms with E-state index in [0.717, 1.165) is 23.3 Å². The van der Waals surface area contributed by atoms with Gasteiger partial charge in [0, 0.05) is 10.6 Å². The lowest BCUT2D eigenvalue weighted by molar-refractivity contribution is 0.269. The summed E-state index contributed by atoms with van der Waals surface area (Å²) in [4.78, 5) is 0. The van der Waals surface area contributed by atoms with Crippen molar-refractivity contribution in [2.24, 2.45) is 17.6 Å². The summed E-state index contributed by atoms with van der Waals surface area (Å²) in [5.41, 5.74) is 7.93. The standard InChI is InChI=1S/C14H18ClN/c15-13-3-1-2-10(7-13)8-14(16)9-11-4-5-12(14)6-11/h1-3,7,11-12H,4-6,8-9,16H2. The van der Waals surface area contributed by atoms with Crippen molar-refractivity contribution in [1.82, 2.24) is 0 Å². The smallest absolute Gasteiger partial charge is 0.0408 e. The van der Waals surface area contributed by atoms with Gasteiger partial charge < -0.3 is 5.73 Å². The molecule has 2 aliphatic rings. The van der Waals surface area contributed by atoms with E-state index >= 15 is 0 Å². The lowest BCUT2D eigenvalue weighted by atomic mass is 9.77. The average Bonchev–Trinajstić information content (AvgIpc) is 2.76. The summed E-state index contributed by atoms with van der Waals surface area (Å²) in [5, 5.41) is 0.823. The summed E-state index contributed by atoms with van der Waals surface area (Å²) in [6.45, 7) is 0. The minimum Gasteiger partial charge on any atom is -0.325 e. The molecule has 0 aromatic heterocycles. The Labute approximate surface area is 102 Å². The minimum atomic E-state index is 0.0492. The molecule has 2 bridgehead atoms. The van der Waals surface area contributed by atoms with E-state index in [0.29, 0.717) is 0 Å². The van der Waals surface area contributed by atoms with Gasteiger partial charge in [-0.15, -0.1) is 0 Å². The molecule has 2 heteroatoms. The van der Waals surface area contributed by atoms with Crippen LogP contribution in [0.5, 0.6) is 0 Å². The molecule has 86 valence electrons. The lowest BCUT2D eigenvalue weighted by Gasteiger charge is -2.34. The van der Waals surface area contributed by atoms with Crippen molar-refractivity contribution in [2.75, 3.05) is 0 Å². The van der Waals surface area contributed by atoms with Crippen molar-refractivity contribution in [3.05, 3.63) is 34.9 Å². The molecule has 3 unspecified atom stereocenters. The molecule has 3 rings (SSSR count). The second kappa shape index (κ2) is 3.75. The van der Waals surface area contributed by atoms with Crippen LogP contribution in [0.2, 0.25) is 5.02 Å². The van der Waals surface area contributed by atoms with Crippen molar-refractivity contribution in [3.63, 3.8) is 0 Å². The van der Waals surface area contributed by atoms with Gasteiger partial charge in [-0.2, -0.15) is 0 Å². The fourth-order valence-electron chi connectivity index (χ4n) is 3.73. The zero-order valence-electron chi connectivity index (χ0n) is 9.45. The van der Waals surface area contributed by atoms with Gasteiger partial charge in [-0.1, -0.05) is 30.2 Å². The first kappa shape index (κ1) is 10.6. The number of benzene rings is 1. The maximum Gasteiger partial charge on any atom is 0.0408 e. The van der Waals surface area contributed by atoms with Crippen molar-refractivity contribution in [3.8, 4) is 0 Å². The van der Waals surface area contributed by atoms with Crippen LogP contribution in [-0.2, 0) is 6.42 Å². The summed E-state index contributed by atoms with van der Waals surface area (Å²) in [7, 11) is 0. The maximum absolute atomic E-state index is 6.58. The summed E-state index contributed by atoms with van der Waals surface area (Å²) >= 11 is 6.01. The van der Waals surface area contributed by atoms with Crippen LogP contribution < -0.4 is 5.73 Å². The fourth-order valence-corrected chi connectivity index (χ4v) is 3.94. The largest absolute Gasteiger partial charge is 0.325 e. The van der Waals surface area contributed by atoms with Gasteiger partial charge >= 0.3 is 0 Å². The Balaban J connectivity index is 1.79. The molecule has 0 radical (unpaired) electrons. The first-order chi connectivity index (χ1) is 7.66. The van der Waals surface area contributed by atoms with E-state index in [2.05, 4.69) is 12.1 Å². The van der Waals surface area contributed by atoms with Gasteiger partial charge in [0.05, 0.1) is 0 Å². The van der Waals surface area contributed by atoms with Crippen LogP contribution in [0.15, 0.2) is 24.3 Å². The van der Waals surface area contributed by atoms with Crippen LogP contribution in [-0.4, -0.2) is 5.54 Å². The molecule has 16 heavy (non-hydrogen) atoms. The van der Waals surface area contributed by atoms with Crippen LogP contribution >= 0.6 is 11.6 Å². The molecule has 1 aromatic carbocycles. The van der Waals surface area contributed by atoms with Crippen LogP contribution in [0.1, 0.15) is 31.2 Å². The Morgan fingerprint density at radius 1 is 1.38 bits per heavy atom. The van der Waals surface area contributed by atoms with Crippen LogP contribution in [0, 0.1) is 11.8 Å². The number of hydrogen-bond acceptors (Lipinski definition) is 1. The Hall–Kier alpha value is -0.530. The summed E-state index contributed by atoms with van der Waals surface area (Å²) in [6, 6.07) is 8.15. The first-order valence-electron chi connectivity index (χ1n) is 6.19. The average molecular weight is 236 g/mol. The number of rotatable bonds is 2. The van der Waals surface area contributed by atoms with Gasteiger partial charge in [0.15, 0.2) is 0 Å². The highest BCUT2D eigenvalue weighted by molar-refractivity contribution is 6.30. The predicted molar refractivity (Wildman–Crippen MR) is 67.5 cm³/mol. The molecule has 2 fully saturated rings. The van der Waals surface area contributed by atoms with E-state index < -0.39 is 0 Å². The summed E-state index contributed by atoms with van der Waals surface area (Å²) in [5.74, 6) is 1.64. The lowest BCUT2D eigenvalue weighted by Crippen LogP contribution is -2.46. The Bertz CT molecular complexity index is 403. The highest BCUT2D eigenvalue weighted by atomic mass is 35.5. The second-order valence-electron chi connectivity index (χ2n) is 5.62. The quantitative estimate of drug-likeness (QED) is 0.836. The zero-order valence-corrected chi connectivity index (χ0v) is 10.2. The highest BCUT2D eigenvalue weighted by Crippen LogP contribution is 2.50. The molecular formula is C14H18ClN. The third-order valence-corrected chi connectivity index (χ3v) is 4.68. The first-order valence-corrected chi connectivity index (χ1v) is 6.57. The summed E-state index contributed by atoms with van der Waals surface area (Å²) in [6.07, 6.45) is 6.30. The normalized spacial score (nSPS) is 36.9. The maximum atomic E-state index is 6.58. The Morgan fingerprint density at radius 2 is 2.25 bits per heavy atom. The molecule has 0 spiro atoms. The van der Waals surface area contributed by atoms with Gasteiger partial charge in [0.25, 0.3) is 0 Å². The van der Waals surface area contributed by atoms with Gasteiger partial charge in [-0.3, -0.25) is 0 Å². The van der Waals surface area contributed by atoms with E-state index in [-0.39, 0.29) is 5.54 Å². The number of nitrogens with two attached hydrogens (primary N) is 1. The minimum absolute atomic E-state index is 0.0492. The van der Waals surface area contributed by atoms with Gasteiger partial charge in [0.1, 0.15) is 0 Å². The molecule has 0 saturated heterocycles. The molecule has 1 nitrogen and oxygen atoms in total. The van der Waals surface area contributed by atoms with Crippen LogP contribution in [0.25, 0.3) is 0 Å².